The highest BCUT2D eigenvalue weighted by Gasteiger charge is 2.45. The number of aliphatic hydroxyl groups is 1. The Labute approximate surface area is 181 Å². The normalized spacial score (nSPS) is 17.9. The van der Waals surface area contributed by atoms with Crippen molar-refractivity contribution in [1.82, 2.24) is 4.90 Å². The lowest BCUT2D eigenvalue weighted by Gasteiger charge is -2.25. The molecule has 1 aliphatic heterocycles. The minimum Gasteiger partial charge on any atom is -0.508 e. The van der Waals surface area contributed by atoms with Gasteiger partial charge in [-0.25, -0.2) is 0 Å². The fourth-order valence-electron chi connectivity index (χ4n) is 3.63. The molecule has 0 saturated carbocycles. The maximum absolute atomic E-state index is 12.9. The first kappa shape index (κ1) is 22.4. The van der Waals surface area contributed by atoms with E-state index in [1.165, 1.54) is 17.0 Å². The largest absolute Gasteiger partial charge is 0.508 e. The molecule has 0 unspecified atom stereocenters. The van der Waals surface area contributed by atoms with E-state index in [4.69, 9.17) is 9.47 Å². The van der Waals surface area contributed by atoms with Crippen LogP contribution in [0, 0.1) is 0 Å². The van der Waals surface area contributed by atoms with Crippen molar-refractivity contribution < 1.29 is 29.3 Å². The number of nitrogens with zero attached hydrogens (tertiary/aromatic N) is 1. The van der Waals surface area contributed by atoms with Gasteiger partial charge in [0.05, 0.1) is 18.2 Å². The maximum Gasteiger partial charge on any atom is 0.295 e. The number of hydrogen-bond acceptors (Lipinski definition) is 6. The Kier molecular flexibility index (Phi) is 7.31. The van der Waals surface area contributed by atoms with E-state index in [0.717, 1.165) is 0 Å². The molecule has 0 aromatic heterocycles. The van der Waals surface area contributed by atoms with Gasteiger partial charge < -0.3 is 24.6 Å². The van der Waals surface area contributed by atoms with Gasteiger partial charge in [0.25, 0.3) is 11.7 Å². The number of aliphatic hydroxyl groups excluding tert-OH is 1. The van der Waals surface area contributed by atoms with E-state index < -0.39 is 17.7 Å². The highest BCUT2D eigenvalue weighted by molar-refractivity contribution is 6.46. The summed E-state index contributed by atoms with van der Waals surface area (Å²) < 4.78 is 10.8. The van der Waals surface area contributed by atoms with Gasteiger partial charge in [-0.2, -0.15) is 0 Å². The molecule has 1 fully saturated rings. The van der Waals surface area contributed by atoms with Crippen LogP contribution >= 0.6 is 0 Å². The third-order valence-corrected chi connectivity index (χ3v) is 5.08. The Morgan fingerprint density at radius 3 is 2.29 bits per heavy atom. The summed E-state index contributed by atoms with van der Waals surface area (Å²) in [5.74, 6) is -0.927. The first-order chi connectivity index (χ1) is 15.0. The fraction of sp³-hybridized carbons (Fsp3) is 0.333. The van der Waals surface area contributed by atoms with Crippen LogP contribution in [0.3, 0.4) is 0 Å². The molecule has 2 aromatic rings. The number of ketones is 1. The van der Waals surface area contributed by atoms with Gasteiger partial charge in [-0.1, -0.05) is 12.1 Å². The Hall–Kier alpha value is -3.32. The van der Waals surface area contributed by atoms with Crippen LogP contribution in [0.1, 0.15) is 37.4 Å². The molecular formula is C24H27NO6. The molecule has 1 aliphatic rings. The van der Waals surface area contributed by atoms with Crippen molar-refractivity contribution >= 4 is 17.4 Å². The molecule has 1 saturated heterocycles. The Morgan fingerprint density at radius 1 is 1.00 bits per heavy atom. The lowest BCUT2D eigenvalue weighted by atomic mass is 9.95. The molecule has 0 aliphatic carbocycles. The van der Waals surface area contributed by atoms with Crippen molar-refractivity contribution in [1.29, 1.82) is 0 Å². The summed E-state index contributed by atoms with van der Waals surface area (Å²) >= 11 is 0. The molecule has 0 spiro atoms. The number of ether oxygens (including phenoxy) is 2. The van der Waals surface area contributed by atoms with Crippen LogP contribution in [0.25, 0.3) is 5.76 Å². The molecule has 1 atom stereocenters. The molecule has 1 heterocycles. The summed E-state index contributed by atoms with van der Waals surface area (Å²) in [6.07, 6.45) is 0.554. The SMILES string of the molecule is CCOCCCN1C(=O)C(=O)C(=C(O)c2ccc(OCC)cc2)[C@@H]1c1ccc(O)cc1. The van der Waals surface area contributed by atoms with E-state index in [9.17, 15) is 19.8 Å². The molecule has 2 aromatic carbocycles. The van der Waals surface area contributed by atoms with Gasteiger partial charge in [-0.3, -0.25) is 9.59 Å². The summed E-state index contributed by atoms with van der Waals surface area (Å²) in [7, 11) is 0. The molecule has 0 bridgehead atoms. The molecule has 1 amide bonds. The van der Waals surface area contributed by atoms with Gasteiger partial charge in [0.1, 0.15) is 17.3 Å². The van der Waals surface area contributed by atoms with E-state index in [-0.39, 0.29) is 17.1 Å². The van der Waals surface area contributed by atoms with Crippen LogP contribution in [-0.4, -0.2) is 53.2 Å². The van der Waals surface area contributed by atoms with Crippen molar-refractivity contribution in [2.75, 3.05) is 26.4 Å². The number of phenolic OH excluding ortho intramolecular Hbond substituents is 1. The number of benzene rings is 2. The number of hydrogen-bond donors (Lipinski definition) is 2. The summed E-state index contributed by atoms with van der Waals surface area (Å²) in [5, 5.41) is 20.7. The summed E-state index contributed by atoms with van der Waals surface area (Å²) in [6.45, 7) is 5.60. The number of phenols is 1. The van der Waals surface area contributed by atoms with Crippen LogP contribution in [-0.2, 0) is 14.3 Å². The summed E-state index contributed by atoms with van der Waals surface area (Å²) in [6, 6.07) is 12.2. The molecule has 0 radical (unpaired) electrons. The van der Waals surface area contributed by atoms with Crippen LogP contribution in [0.5, 0.6) is 11.5 Å². The summed E-state index contributed by atoms with van der Waals surface area (Å²) in [5.41, 5.74) is 1.07. The van der Waals surface area contributed by atoms with Crippen LogP contribution in [0.15, 0.2) is 54.1 Å². The Morgan fingerprint density at radius 2 is 1.68 bits per heavy atom. The molecule has 164 valence electrons. The predicted octanol–water partition coefficient (Wildman–Crippen LogP) is 3.64. The van der Waals surface area contributed by atoms with Gasteiger partial charge in [0.2, 0.25) is 0 Å². The van der Waals surface area contributed by atoms with Crippen molar-refractivity contribution in [3.63, 3.8) is 0 Å². The zero-order valence-electron chi connectivity index (χ0n) is 17.7. The van der Waals surface area contributed by atoms with Crippen molar-refractivity contribution in [2.24, 2.45) is 0 Å². The van der Waals surface area contributed by atoms with E-state index in [1.807, 2.05) is 13.8 Å². The molecule has 31 heavy (non-hydrogen) atoms. The standard InChI is InChI=1S/C24H27NO6/c1-3-30-15-5-14-25-21(16-6-10-18(26)11-7-16)20(23(28)24(25)29)22(27)17-8-12-19(13-9-17)31-4-2/h6-13,21,26-27H,3-5,14-15H2,1-2H3/t21-/m0/s1. The fourth-order valence-corrected chi connectivity index (χ4v) is 3.63. The second-order valence-corrected chi connectivity index (χ2v) is 7.09. The van der Waals surface area contributed by atoms with Crippen molar-refractivity contribution in [3.05, 3.63) is 65.2 Å². The molecule has 3 rings (SSSR count). The minimum absolute atomic E-state index is 0.0243. The molecule has 2 N–H and O–H groups in total. The second-order valence-electron chi connectivity index (χ2n) is 7.09. The third-order valence-electron chi connectivity index (χ3n) is 5.08. The maximum atomic E-state index is 12.9. The molecule has 7 heteroatoms. The van der Waals surface area contributed by atoms with Gasteiger partial charge in [0, 0.05) is 25.3 Å². The number of amides is 1. The first-order valence-corrected chi connectivity index (χ1v) is 10.4. The highest BCUT2D eigenvalue weighted by atomic mass is 16.5. The number of rotatable bonds is 9. The molecular weight excluding hydrogens is 398 g/mol. The topological polar surface area (TPSA) is 96.3 Å². The van der Waals surface area contributed by atoms with Crippen LogP contribution in [0.4, 0.5) is 0 Å². The van der Waals surface area contributed by atoms with Gasteiger partial charge in [-0.05, 0) is 62.2 Å². The van der Waals surface area contributed by atoms with E-state index in [0.29, 0.717) is 49.7 Å². The van der Waals surface area contributed by atoms with Gasteiger partial charge >= 0.3 is 0 Å². The highest BCUT2D eigenvalue weighted by Crippen LogP contribution is 2.40. The lowest BCUT2D eigenvalue weighted by molar-refractivity contribution is -0.140. The zero-order chi connectivity index (χ0) is 22.4. The average Bonchev–Trinajstić information content (AvgIpc) is 3.02. The summed E-state index contributed by atoms with van der Waals surface area (Å²) in [4.78, 5) is 27.2. The monoisotopic (exact) mass is 425 g/mol. The van der Waals surface area contributed by atoms with Crippen molar-refractivity contribution in [2.45, 2.75) is 26.3 Å². The van der Waals surface area contributed by atoms with E-state index >= 15 is 0 Å². The molecule has 7 nitrogen and oxygen atoms in total. The number of aromatic hydroxyl groups is 1. The van der Waals surface area contributed by atoms with E-state index in [1.54, 1.807) is 36.4 Å². The smallest absolute Gasteiger partial charge is 0.295 e. The number of likely N-dealkylation sites (tertiary alicyclic amines) is 1. The Balaban J connectivity index is 2.02. The average molecular weight is 425 g/mol. The number of carbonyl (C=O) groups excluding carboxylic acids is 2. The van der Waals surface area contributed by atoms with Gasteiger partial charge in [-0.15, -0.1) is 0 Å². The van der Waals surface area contributed by atoms with Crippen molar-refractivity contribution in [3.8, 4) is 11.5 Å². The Bertz CT molecular complexity index is 949. The number of Topliss-reactive ketones (excluding diaryl/α,β-unsaturated/α-hetero) is 1. The third kappa shape index (κ3) is 4.88. The zero-order valence-corrected chi connectivity index (χ0v) is 17.7. The predicted molar refractivity (Wildman–Crippen MR) is 116 cm³/mol. The minimum atomic E-state index is -0.756. The quantitative estimate of drug-likeness (QED) is 0.276. The number of carbonyl (C=O) groups is 2. The van der Waals surface area contributed by atoms with Gasteiger partial charge in [0.15, 0.2) is 0 Å². The van der Waals surface area contributed by atoms with E-state index in [2.05, 4.69) is 0 Å². The lowest BCUT2D eigenvalue weighted by Crippen LogP contribution is -2.31. The van der Waals surface area contributed by atoms with Crippen LogP contribution < -0.4 is 4.74 Å². The van der Waals surface area contributed by atoms with Crippen LogP contribution in [0.2, 0.25) is 0 Å². The first-order valence-electron chi connectivity index (χ1n) is 10.4. The second kappa shape index (κ2) is 10.1.